The topological polar surface area (TPSA) is 40.5 Å². The van der Waals surface area contributed by atoms with Crippen molar-refractivity contribution in [3.63, 3.8) is 0 Å². The Labute approximate surface area is 113 Å². The maximum absolute atomic E-state index is 9.57. The van der Waals surface area contributed by atoms with Gasteiger partial charge in [-0.05, 0) is 25.7 Å². The molecule has 0 aliphatic heterocycles. The largest absolute Gasteiger partial charge is 0.516 e. The molecule has 108 valence electrons. The first-order chi connectivity index (χ1) is 8.81. The summed E-state index contributed by atoms with van der Waals surface area (Å²) < 4.78 is 0. The monoisotopic (exact) mass is 256 g/mol. The Balaban J connectivity index is 3.03. The minimum Gasteiger partial charge on any atom is -0.516 e. The van der Waals surface area contributed by atoms with Gasteiger partial charge >= 0.3 is 0 Å². The van der Waals surface area contributed by atoms with Crippen molar-refractivity contribution < 1.29 is 10.2 Å². The first kappa shape index (κ1) is 17.5. The van der Waals surface area contributed by atoms with E-state index in [0.717, 1.165) is 31.9 Å². The minimum absolute atomic E-state index is 0.0606. The van der Waals surface area contributed by atoms with Crippen LogP contribution in [-0.2, 0) is 0 Å². The van der Waals surface area contributed by atoms with E-state index in [-0.39, 0.29) is 6.10 Å². The van der Waals surface area contributed by atoms with Gasteiger partial charge in [-0.1, -0.05) is 64.4 Å². The van der Waals surface area contributed by atoms with Crippen molar-refractivity contribution in [3.8, 4) is 0 Å². The number of unbranched alkanes of at least 4 members (excludes halogenated alkanes) is 8. The van der Waals surface area contributed by atoms with Crippen LogP contribution in [0.4, 0.5) is 0 Å². The highest BCUT2D eigenvalue weighted by molar-refractivity contribution is 4.70. The fourth-order valence-corrected chi connectivity index (χ4v) is 2.25. The summed E-state index contributed by atoms with van der Waals surface area (Å²) in [6.07, 6.45) is 17.2. The van der Waals surface area contributed by atoms with E-state index in [0.29, 0.717) is 0 Å². The molecule has 2 nitrogen and oxygen atoms in total. The molecule has 0 heterocycles. The summed E-state index contributed by atoms with van der Waals surface area (Å²) in [5, 5.41) is 18.0. The summed E-state index contributed by atoms with van der Waals surface area (Å²) in [4.78, 5) is 0. The molecule has 0 radical (unpaired) electrons. The molecule has 0 bridgehead atoms. The lowest BCUT2D eigenvalue weighted by Crippen LogP contribution is -2.04. The average molecular weight is 256 g/mol. The summed E-state index contributed by atoms with van der Waals surface area (Å²) in [5.74, 6) is 0. The minimum atomic E-state index is -0.0606. The maximum Gasteiger partial charge on any atom is 0.0751 e. The Morgan fingerprint density at radius 3 is 1.94 bits per heavy atom. The van der Waals surface area contributed by atoms with Gasteiger partial charge in [0.15, 0.2) is 0 Å². The molecular weight excluding hydrogens is 224 g/mol. The van der Waals surface area contributed by atoms with Crippen molar-refractivity contribution in [2.75, 3.05) is 0 Å². The van der Waals surface area contributed by atoms with Crippen molar-refractivity contribution in [2.24, 2.45) is 0 Å². The van der Waals surface area contributed by atoms with Gasteiger partial charge in [-0.25, -0.2) is 0 Å². The first-order valence-electron chi connectivity index (χ1n) is 7.78. The predicted molar refractivity (Wildman–Crippen MR) is 78.9 cm³/mol. The molecule has 2 heteroatoms. The van der Waals surface area contributed by atoms with Crippen LogP contribution in [-0.4, -0.2) is 16.3 Å². The highest BCUT2D eigenvalue weighted by Gasteiger charge is 2.01. The van der Waals surface area contributed by atoms with Crippen molar-refractivity contribution >= 4 is 0 Å². The fraction of sp³-hybridized carbons (Fsp3) is 0.875. The lowest BCUT2D eigenvalue weighted by molar-refractivity contribution is 0.150. The maximum atomic E-state index is 9.57. The second kappa shape index (κ2) is 14.6. The quantitative estimate of drug-likeness (QED) is 0.354. The van der Waals surface area contributed by atoms with Crippen molar-refractivity contribution in [3.05, 3.63) is 12.3 Å². The van der Waals surface area contributed by atoms with E-state index < -0.39 is 0 Å². The standard InChI is InChI=1S/C16H32O2/c1-2-13-16(18)14-11-9-7-5-3-4-6-8-10-12-15-17/h12,15-18H,2-11,13-14H2,1H3. The summed E-state index contributed by atoms with van der Waals surface area (Å²) in [7, 11) is 0. The molecule has 0 aromatic heterocycles. The van der Waals surface area contributed by atoms with E-state index in [4.69, 9.17) is 5.11 Å². The van der Waals surface area contributed by atoms with E-state index in [1.165, 1.54) is 51.4 Å². The third kappa shape index (κ3) is 13.6. The number of allylic oxidation sites excluding steroid dienone is 1. The molecule has 0 amide bonds. The summed E-state index contributed by atoms with van der Waals surface area (Å²) in [6.45, 7) is 2.12. The molecule has 0 fully saturated rings. The van der Waals surface area contributed by atoms with Gasteiger partial charge in [0.05, 0.1) is 12.4 Å². The number of hydrogen-bond acceptors (Lipinski definition) is 2. The van der Waals surface area contributed by atoms with Crippen molar-refractivity contribution in [1.82, 2.24) is 0 Å². The third-order valence-electron chi connectivity index (χ3n) is 3.39. The molecule has 1 atom stereocenters. The average Bonchev–Trinajstić information content (AvgIpc) is 2.36. The number of aliphatic hydroxyl groups excluding tert-OH is 2. The zero-order valence-electron chi connectivity index (χ0n) is 12.1. The summed E-state index contributed by atoms with van der Waals surface area (Å²) in [5.41, 5.74) is 0. The number of hydrogen-bond donors (Lipinski definition) is 2. The normalized spacial score (nSPS) is 13.2. The number of rotatable bonds is 13. The Bertz CT molecular complexity index is 178. The molecule has 0 aliphatic rings. The van der Waals surface area contributed by atoms with Gasteiger partial charge in [0.1, 0.15) is 0 Å². The fourth-order valence-electron chi connectivity index (χ4n) is 2.25. The molecular formula is C16H32O2. The Hall–Kier alpha value is -0.500. The molecule has 0 aliphatic carbocycles. The van der Waals surface area contributed by atoms with E-state index in [9.17, 15) is 5.11 Å². The van der Waals surface area contributed by atoms with Gasteiger partial charge in [0.25, 0.3) is 0 Å². The third-order valence-corrected chi connectivity index (χ3v) is 3.39. The van der Waals surface area contributed by atoms with E-state index in [2.05, 4.69) is 6.92 Å². The Morgan fingerprint density at radius 2 is 1.39 bits per heavy atom. The van der Waals surface area contributed by atoms with Gasteiger partial charge in [0.2, 0.25) is 0 Å². The van der Waals surface area contributed by atoms with Gasteiger partial charge in [-0.2, -0.15) is 0 Å². The van der Waals surface area contributed by atoms with E-state index in [1.54, 1.807) is 0 Å². The molecule has 18 heavy (non-hydrogen) atoms. The SMILES string of the molecule is CCCC(O)CCCCCCCCCCC=CO. The molecule has 2 N–H and O–H groups in total. The summed E-state index contributed by atoms with van der Waals surface area (Å²) >= 11 is 0. The van der Waals surface area contributed by atoms with Crippen LogP contribution in [0.2, 0.25) is 0 Å². The molecule has 0 rings (SSSR count). The van der Waals surface area contributed by atoms with Crippen LogP contribution in [0, 0.1) is 0 Å². The molecule has 0 aromatic carbocycles. The Kier molecular flexibility index (Phi) is 14.2. The Morgan fingerprint density at radius 1 is 0.833 bits per heavy atom. The van der Waals surface area contributed by atoms with E-state index in [1.807, 2.05) is 6.08 Å². The van der Waals surface area contributed by atoms with Crippen LogP contribution in [0.5, 0.6) is 0 Å². The molecule has 0 saturated heterocycles. The smallest absolute Gasteiger partial charge is 0.0751 e. The lowest BCUT2D eigenvalue weighted by Gasteiger charge is -2.08. The van der Waals surface area contributed by atoms with Gasteiger partial charge < -0.3 is 10.2 Å². The van der Waals surface area contributed by atoms with Gasteiger partial charge in [0, 0.05) is 0 Å². The second-order valence-corrected chi connectivity index (χ2v) is 5.23. The van der Waals surface area contributed by atoms with Gasteiger partial charge in [-0.3, -0.25) is 0 Å². The van der Waals surface area contributed by atoms with Crippen molar-refractivity contribution in [1.29, 1.82) is 0 Å². The van der Waals surface area contributed by atoms with Crippen LogP contribution in [0.25, 0.3) is 0 Å². The van der Waals surface area contributed by atoms with Crippen LogP contribution in [0.15, 0.2) is 12.3 Å². The highest BCUT2D eigenvalue weighted by Crippen LogP contribution is 2.12. The van der Waals surface area contributed by atoms with E-state index >= 15 is 0 Å². The lowest BCUT2D eigenvalue weighted by atomic mass is 10.0. The van der Waals surface area contributed by atoms with Crippen LogP contribution < -0.4 is 0 Å². The zero-order chi connectivity index (χ0) is 13.5. The number of aliphatic hydroxyl groups is 2. The summed E-state index contributed by atoms with van der Waals surface area (Å²) in [6, 6.07) is 0. The molecule has 0 saturated carbocycles. The molecule has 0 spiro atoms. The molecule has 1 unspecified atom stereocenters. The van der Waals surface area contributed by atoms with Crippen LogP contribution in [0.1, 0.15) is 84.0 Å². The first-order valence-corrected chi connectivity index (χ1v) is 7.78. The van der Waals surface area contributed by atoms with Gasteiger partial charge in [-0.15, -0.1) is 0 Å². The predicted octanol–water partition coefficient (Wildman–Crippen LogP) is 5.12. The highest BCUT2D eigenvalue weighted by atomic mass is 16.3. The molecule has 0 aromatic rings. The van der Waals surface area contributed by atoms with Crippen LogP contribution in [0.3, 0.4) is 0 Å². The van der Waals surface area contributed by atoms with Crippen molar-refractivity contribution in [2.45, 2.75) is 90.1 Å². The second-order valence-electron chi connectivity index (χ2n) is 5.23. The zero-order valence-corrected chi connectivity index (χ0v) is 12.1. The van der Waals surface area contributed by atoms with Crippen LogP contribution >= 0.6 is 0 Å².